The fourth-order valence-corrected chi connectivity index (χ4v) is 4.85. The zero-order valence-electron chi connectivity index (χ0n) is 17.2. The predicted molar refractivity (Wildman–Crippen MR) is 106 cm³/mol. The molecule has 1 amide bonds. The molecule has 11 heteroatoms. The Balaban J connectivity index is 1.37. The van der Waals surface area contributed by atoms with Crippen molar-refractivity contribution in [2.24, 2.45) is 5.92 Å². The minimum atomic E-state index is -4.51. The van der Waals surface area contributed by atoms with Crippen molar-refractivity contribution >= 4 is 5.91 Å². The average Bonchev–Trinajstić information content (AvgIpc) is 3.49. The minimum Gasteiger partial charge on any atom is -0.332 e. The van der Waals surface area contributed by atoms with E-state index in [4.69, 9.17) is 0 Å². The maximum absolute atomic E-state index is 13.6. The van der Waals surface area contributed by atoms with Gasteiger partial charge in [0.1, 0.15) is 0 Å². The second-order valence-corrected chi connectivity index (χ2v) is 8.24. The van der Waals surface area contributed by atoms with Gasteiger partial charge in [0.25, 0.3) is 5.91 Å². The third kappa shape index (κ3) is 3.61. The first kappa shape index (κ1) is 20.5. The summed E-state index contributed by atoms with van der Waals surface area (Å²) in [5, 5.41) is 8.25. The van der Waals surface area contributed by atoms with E-state index < -0.39 is 11.9 Å². The summed E-state index contributed by atoms with van der Waals surface area (Å²) in [5.41, 5.74) is 0.676. The van der Waals surface area contributed by atoms with Crippen molar-refractivity contribution in [3.8, 4) is 5.82 Å². The summed E-state index contributed by atoms with van der Waals surface area (Å²) in [6.45, 7) is 1.84. The van der Waals surface area contributed by atoms with Gasteiger partial charge in [0.2, 0.25) is 0 Å². The number of aryl methyl sites for hydroxylation is 1. The fraction of sp³-hybridized carbons (Fsp3) is 0.429. The zero-order valence-corrected chi connectivity index (χ0v) is 17.2. The molecule has 2 fully saturated rings. The quantitative estimate of drug-likeness (QED) is 0.616. The van der Waals surface area contributed by atoms with Crippen LogP contribution in [-0.4, -0.2) is 52.8 Å². The molecule has 2 saturated heterocycles. The molecule has 3 unspecified atom stereocenters. The Labute approximate surface area is 181 Å². The van der Waals surface area contributed by atoms with Crippen molar-refractivity contribution in [1.29, 1.82) is 0 Å². The van der Waals surface area contributed by atoms with Crippen molar-refractivity contribution in [3.63, 3.8) is 0 Å². The average molecular weight is 443 g/mol. The van der Waals surface area contributed by atoms with Crippen LogP contribution < -0.4 is 0 Å². The molecule has 3 aromatic rings. The number of halogens is 3. The summed E-state index contributed by atoms with van der Waals surface area (Å²) in [5.74, 6) is 0.378. The first-order valence-corrected chi connectivity index (χ1v) is 10.4. The van der Waals surface area contributed by atoms with Crippen LogP contribution in [0.15, 0.2) is 36.9 Å². The number of pyridine rings is 1. The minimum absolute atomic E-state index is 0.00340. The Morgan fingerprint density at radius 3 is 2.59 bits per heavy atom. The van der Waals surface area contributed by atoms with Crippen molar-refractivity contribution < 1.29 is 18.0 Å². The van der Waals surface area contributed by atoms with Crippen LogP contribution in [0, 0.1) is 12.8 Å². The van der Waals surface area contributed by atoms with Gasteiger partial charge < -0.3 is 4.90 Å². The first-order chi connectivity index (χ1) is 15.3. The number of aromatic nitrogens is 6. The second kappa shape index (κ2) is 7.64. The Morgan fingerprint density at radius 1 is 1.12 bits per heavy atom. The van der Waals surface area contributed by atoms with Gasteiger partial charge in [-0.25, -0.2) is 9.97 Å². The molecule has 2 bridgehead atoms. The van der Waals surface area contributed by atoms with Crippen molar-refractivity contribution in [1.82, 2.24) is 34.8 Å². The molecule has 2 aliphatic heterocycles. The molecule has 0 aromatic carbocycles. The van der Waals surface area contributed by atoms with E-state index in [2.05, 4.69) is 25.1 Å². The summed E-state index contributed by atoms with van der Waals surface area (Å²) >= 11 is 0. The standard InChI is InChI=1S/C21H20F3N7O/c1-12-2-4-16(19(29-12)31-27-6-7-28-31)20(32)30-15-3-5-17(30)13(9-15)8-14-10-26-18(11-25-14)21(22,23)24/h2,4,6-7,10-11,13,15,17H,3,5,8-9H2,1H3. The van der Waals surface area contributed by atoms with Crippen LogP contribution in [0.1, 0.15) is 46.7 Å². The second-order valence-electron chi connectivity index (χ2n) is 8.24. The zero-order chi connectivity index (χ0) is 22.5. The van der Waals surface area contributed by atoms with E-state index in [1.165, 1.54) is 23.4 Å². The number of alkyl halides is 3. The van der Waals surface area contributed by atoms with Gasteiger partial charge in [-0.05, 0) is 50.7 Å². The van der Waals surface area contributed by atoms with Gasteiger partial charge in [-0.15, -0.1) is 4.80 Å². The Kier molecular flexibility index (Phi) is 4.90. The van der Waals surface area contributed by atoms with Crippen LogP contribution >= 0.6 is 0 Å². The molecule has 5 rings (SSSR count). The molecule has 3 atom stereocenters. The van der Waals surface area contributed by atoms with Gasteiger partial charge in [0.05, 0.1) is 29.8 Å². The molecule has 8 nitrogen and oxygen atoms in total. The first-order valence-electron chi connectivity index (χ1n) is 10.4. The molecule has 0 saturated carbocycles. The van der Waals surface area contributed by atoms with Crippen LogP contribution in [0.2, 0.25) is 0 Å². The molecule has 32 heavy (non-hydrogen) atoms. The largest absolute Gasteiger partial charge is 0.434 e. The van der Waals surface area contributed by atoms with Crippen LogP contribution in [0.3, 0.4) is 0 Å². The number of carbonyl (C=O) groups is 1. The van der Waals surface area contributed by atoms with E-state index >= 15 is 0 Å². The van der Waals surface area contributed by atoms with Gasteiger partial charge in [0, 0.05) is 24.0 Å². The van der Waals surface area contributed by atoms with Gasteiger partial charge in [-0.1, -0.05) is 0 Å². The Bertz CT molecular complexity index is 1130. The molecular formula is C21H20F3N7O. The Morgan fingerprint density at radius 2 is 1.91 bits per heavy atom. The number of nitrogens with zero attached hydrogens (tertiary/aromatic N) is 7. The van der Waals surface area contributed by atoms with E-state index in [9.17, 15) is 18.0 Å². The van der Waals surface area contributed by atoms with E-state index in [1.807, 2.05) is 11.8 Å². The van der Waals surface area contributed by atoms with E-state index in [-0.39, 0.29) is 23.9 Å². The van der Waals surface area contributed by atoms with Gasteiger partial charge in [-0.2, -0.15) is 23.4 Å². The molecular weight excluding hydrogens is 423 g/mol. The van der Waals surface area contributed by atoms with Crippen molar-refractivity contribution in [2.75, 3.05) is 0 Å². The molecule has 5 heterocycles. The number of hydrogen-bond acceptors (Lipinski definition) is 6. The van der Waals surface area contributed by atoms with Crippen LogP contribution in [0.25, 0.3) is 5.82 Å². The number of fused-ring (bicyclic) bond motifs is 2. The normalized spacial score (nSPS) is 22.5. The summed E-state index contributed by atoms with van der Waals surface area (Å²) in [4.78, 5) is 28.7. The molecule has 0 aliphatic carbocycles. The SMILES string of the molecule is Cc1ccc(C(=O)N2C3CCC2C(Cc2cnc(C(F)(F)F)cn2)C3)c(-n2nccn2)n1. The smallest absolute Gasteiger partial charge is 0.332 e. The molecule has 166 valence electrons. The lowest BCUT2D eigenvalue weighted by molar-refractivity contribution is -0.141. The monoisotopic (exact) mass is 443 g/mol. The maximum atomic E-state index is 13.6. The molecule has 0 spiro atoms. The molecule has 0 radical (unpaired) electrons. The highest BCUT2D eigenvalue weighted by atomic mass is 19.4. The third-order valence-electron chi connectivity index (χ3n) is 6.22. The highest BCUT2D eigenvalue weighted by molar-refractivity contribution is 5.98. The topological polar surface area (TPSA) is 89.7 Å². The van der Waals surface area contributed by atoms with Crippen LogP contribution in [0.4, 0.5) is 13.2 Å². The number of rotatable bonds is 4. The van der Waals surface area contributed by atoms with Crippen molar-refractivity contribution in [3.05, 3.63) is 59.6 Å². The molecule has 3 aromatic heterocycles. The molecule has 2 aliphatic rings. The van der Waals surface area contributed by atoms with Gasteiger partial charge in [0.15, 0.2) is 11.5 Å². The number of amides is 1. The number of carbonyl (C=O) groups excluding carboxylic acids is 1. The lowest BCUT2D eigenvalue weighted by Gasteiger charge is -2.25. The summed E-state index contributed by atoms with van der Waals surface area (Å²) in [7, 11) is 0. The molecule has 0 N–H and O–H groups in total. The fourth-order valence-electron chi connectivity index (χ4n) is 4.85. The summed E-state index contributed by atoms with van der Waals surface area (Å²) < 4.78 is 38.2. The third-order valence-corrected chi connectivity index (χ3v) is 6.22. The summed E-state index contributed by atoms with van der Waals surface area (Å²) in [6.07, 6.45) is 3.52. The van der Waals surface area contributed by atoms with E-state index in [0.29, 0.717) is 23.5 Å². The van der Waals surface area contributed by atoms with E-state index in [0.717, 1.165) is 31.2 Å². The van der Waals surface area contributed by atoms with Crippen LogP contribution in [0.5, 0.6) is 0 Å². The summed E-state index contributed by atoms with van der Waals surface area (Å²) in [6, 6.07) is 3.61. The Hall–Kier alpha value is -3.37. The predicted octanol–water partition coefficient (Wildman–Crippen LogP) is 3.02. The number of hydrogen-bond donors (Lipinski definition) is 0. The van der Waals surface area contributed by atoms with Gasteiger partial charge >= 0.3 is 6.18 Å². The maximum Gasteiger partial charge on any atom is 0.434 e. The highest BCUT2D eigenvalue weighted by Gasteiger charge is 2.49. The lowest BCUT2D eigenvalue weighted by atomic mass is 9.86. The van der Waals surface area contributed by atoms with Gasteiger partial charge in [-0.3, -0.25) is 9.78 Å². The van der Waals surface area contributed by atoms with E-state index in [1.54, 1.807) is 12.1 Å². The van der Waals surface area contributed by atoms with Crippen molar-refractivity contribution in [2.45, 2.75) is 50.9 Å². The highest BCUT2D eigenvalue weighted by Crippen LogP contribution is 2.44. The van der Waals surface area contributed by atoms with Crippen LogP contribution in [-0.2, 0) is 12.6 Å². The lowest BCUT2D eigenvalue weighted by Crippen LogP contribution is -2.37.